The molecule has 0 bridgehead atoms. The summed E-state index contributed by atoms with van der Waals surface area (Å²) in [5.41, 5.74) is 2.27. The Morgan fingerprint density at radius 2 is 1.90 bits per heavy atom. The van der Waals surface area contributed by atoms with Crippen LogP contribution in [0.15, 0.2) is 42.5 Å². The van der Waals surface area contributed by atoms with Crippen molar-refractivity contribution >= 4 is 0 Å². The predicted octanol–water partition coefficient (Wildman–Crippen LogP) is 3.01. The van der Waals surface area contributed by atoms with Gasteiger partial charge in [-0.1, -0.05) is 24.3 Å². The minimum Gasteiger partial charge on any atom is -0.508 e. The van der Waals surface area contributed by atoms with Crippen molar-refractivity contribution < 1.29 is 14.6 Å². The molecule has 0 aliphatic heterocycles. The van der Waals surface area contributed by atoms with Gasteiger partial charge in [0.15, 0.2) is 0 Å². The number of rotatable bonds is 5. The highest BCUT2D eigenvalue weighted by atomic mass is 19.1. The number of phenols is 1. The van der Waals surface area contributed by atoms with Crippen LogP contribution in [0.3, 0.4) is 0 Å². The number of hydrogen-bond donors (Lipinski definition) is 2. The topological polar surface area (TPSA) is 43.7 Å². The predicted molar refractivity (Wildman–Crippen MR) is 80.5 cm³/mol. The van der Waals surface area contributed by atoms with Crippen LogP contribution in [0.25, 0.3) is 0 Å². The van der Waals surface area contributed by atoms with Crippen molar-refractivity contribution in [2.75, 3.05) is 13.6 Å². The van der Waals surface area contributed by atoms with Crippen LogP contribution in [0.1, 0.15) is 22.8 Å². The van der Waals surface area contributed by atoms with Gasteiger partial charge in [-0.3, -0.25) is 4.90 Å². The summed E-state index contributed by atoms with van der Waals surface area (Å²) in [6.45, 7) is 2.72. The second-order valence-electron chi connectivity index (χ2n) is 5.34. The van der Waals surface area contributed by atoms with E-state index in [1.54, 1.807) is 25.1 Å². The van der Waals surface area contributed by atoms with Gasteiger partial charge in [0.2, 0.25) is 0 Å². The molecule has 3 nitrogen and oxygen atoms in total. The van der Waals surface area contributed by atoms with Crippen molar-refractivity contribution in [2.24, 2.45) is 0 Å². The lowest BCUT2D eigenvalue weighted by Gasteiger charge is -2.22. The number of halogens is 1. The van der Waals surface area contributed by atoms with Crippen LogP contribution in [0.2, 0.25) is 0 Å². The third kappa shape index (κ3) is 4.03. The molecule has 2 aromatic rings. The van der Waals surface area contributed by atoms with E-state index in [1.807, 2.05) is 24.1 Å². The van der Waals surface area contributed by atoms with Crippen molar-refractivity contribution in [1.29, 1.82) is 0 Å². The van der Waals surface area contributed by atoms with Gasteiger partial charge in [-0.2, -0.15) is 0 Å². The molecule has 2 rings (SSSR count). The Morgan fingerprint density at radius 1 is 1.19 bits per heavy atom. The number of benzene rings is 2. The van der Waals surface area contributed by atoms with Crippen molar-refractivity contribution in [3.63, 3.8) is 0 Å². The number of aromatic hydroxyl groups is 1. The Balaban J connectivity index is 2.02. The average molecular weight is 289 g/mol. The maximum absolute atomic E-state index is 13.1. The van der Waals surface area contributed by atoms with Gasteiger partial charge in [0.05, 0.1) is 6.10 Å². The van der Waals surface area contributed by atoms with E-state index in [-0.39, 0.29) is 11.6 Å². The number of nitrogens with zero attached hydrogens (tertiary/aromatic N) is 1. The zero-order chi connectivity index (χ0) is 15.4. The Bertz CT molecular complexity index is 615. The van der Waals surface area contributed by atoms with E-state index in [0.29, 0.717) is 13.1 Å². The molecule has 0 fully saturated rings. The lowest BCUT2D eigenvalue weighted by Crippen LogP contribution is -2.24. The molecule has 0 spiro atoms. The van der Waals surface area contributed by atoms with E-state index in [1.165, 1.54) is 12.1 Å². The van der Waals surface area contributed by atoms with Gasteiger partial charge in [-0.05, 0) is 43.3 Å². The highest BCUT2D eigenvalue weighted by Crippen LogP contribution is 2.21. The van der Waals surface area contributed by atoms with Crippen molar-refractivity contribution in [3.8, 4) is 5.75 Å². The molecule has 0 heterocycles. The maximum atomic E-state index is 13.1. The Hall–Kier alpha value is -1.91. The van der Waals surface area contributed by atoms with Crippen LogP contribution >= 0.6 is 0 Å². The zero-order valence-electron chi connectivity index (χ0n) is 12.3. The first-order valence-corrected chi connectivity index (χ1v) is 6.87. The molecule has 0 aliphatic carbocycles. The third-order valence-corrected chi connectivity index (χ3v) is 3.51. The molecule has 0 amide bonds. The Labute approximate surface area is 124 Å². The summed E-state index contributed by atoms with van der Waals surface area (Å²) in [6, 6.07) is 11.5. The molecular weight excluding hydrogens is 269 g/mol. The molecule has 1 atom stereocenters. The molecule has 2 aromatic carbocycles. The quantitative estimate of drug-likeness (QED) is 0.889. The van der Waals surface area contributed by atoms with Gasteiger partial charge >= 0.3 is 0 Å². The fraction of sp³-hybridized carbons (Fsp3) is 0.294. The second-order valence-corrected chi connectivity index (χ2v) is 5.34. The summed E-state index contributed by atoms with van der Waals surface area (Å²) in [6.07, 6.45) is -0.693. The molecule has 112 valence electrons. The Kier molecular flexibility index (Phi) is 4.94. The number of aryl methyl sites for hydroxylation is 1. The van der Waals surface area contributed by atoms with Crippen LogP contribution in [-0.4, -0.2) is 28.7 Å². The van der Waals surface area contributed by atoms with Gasteiger partial charge < -0.3 is 10.2 Å². The Morgan fingerprint density at radius 3 is 2.57 bits per heavy atom. The lowest BCUT2D eigenvalue weighted by atomic mass is 10.0. The van der Waals surface area contributed by atoms with Gasteiger partial charge in [-0.15, -0.1) is 0 Å². The first-order chi connectivity index (χ1) is 9.97. The second kappa shape index (κ2) is 6.70. The van der Waals surface area contributed by atoms with Gasteiger partial charge in [0.1, 0.15) is 11.6 Å². The highest BCUT2D eigenvalue weighted by Gasteiger charge is 2.14. The first-order valence-electron chi connectivity index (χ1n) is 6.87. The molecule has 0 saturated heterocycles. The van der Waals surface area contributed by atoms with Crippen LogP contribution in [0, 0.1) is 12.7 Å². The molecule has 0 aromatic heterocycles. The largest absolute Gasteiger partial charge is 0.508 e. The van der Waals surface area contributed by atoms with E-state index in [9.17, 15) is 14.6 Å². The summed E-state index contributed by atoms with van der Waals surface area (Å²) in [4.78, 5) is 1.92. The third-order valence-electron chi connectivity index (χ3n) is 3.51. The number of aliphatic hydroxyl groups excluding tert-OH is 1. The van der Waals surface area contributed by atoms with Gasteiger partial charge in [-0.25, -0.2) is 4.39 Å². The average Bonchev–Trinajstić information content (AvgIpc) is 2.41. The summed E-state index contributed by atoms with van der Waals surface area (Å²) in [5.74, 6) is -0.0529. The van der Waals surface area contributed by atoms with E-state index in [0.717, 1.165) is 16.7 Å². The van der Waals surface area contributed by atoms with E-state index in [2.05, 4.69) is 0 Å². The molecule has 0 saturated carbocycles. The summed E-state index contributed by atoms with van der Waals surface area (Å²) in [5, 5.41) is 20.0. The highest BCUT2D eigenvalue weighted by molar-refractivity contribution is 5.32. The summed E-state index contributed by atoms with van der Waals surface area (Å²) >= 11 is 0. The number of para-hydroxylation sites is 1. The molecule has 0 radical (unpaired) electrons. The van der Waals surface area contributed by atoms with Crippen LogP contribution in [0.4, 0.5) is 4.39 Å². The number of aliphatic hydroxyl groups is 1. The van der Waals surface area contributed by atoms with Crippen molar-refractivity contribution in [1.82, 2.24) is 4.90 Å². The lowest BCUT2D eigenvalue weighted by molar-refractivity contribution is 0.123. The smallest absolute Gasteiger partial charge is 0.123 e. The molecular formula is C17H20FNO2. The fourth-order valence-corrected chi connectivity index (χ4v) is 2.41. The van der Waals surface area contributed by atoms with Crippen LogP contribution in [-0.2, 0) is 6.54 Å². The van der Waals surface area contributed by atoms with E-state index < -0.39 is 6.10 Å². The standard InChI is InChI=1S/C17H20FNO2/c1-12-9-14(18)7-8-15(12)17(21)11-19(2)10-13-5-3-4-6-16(13)20/h3-9,17,20-21H,10-11H2,1-2H3. The SMILES string of the molecule is Cc1cc(F)ccc1C(O)CN(C)Cc1ccccc1O. The van der Waals surface area contributed by atoms with Crippen LogP contribution < -0.4 is 0 Å². The minimum atomic E-state index is -0.693. The van der Waals surface area contributed by atoms with E-state index >= 15 is 0 Å². The minimum absolute atomic E-state index is 0.247. The molecule has 1 unspecified atom stereocenters. The van der Waals surface area contributed by atoms with Gasteiger partial charge in [0, 0.05) is 18.7 Å². The maximum Gasteiger partial charge on any atom is 0.123 e. The monoisotopic (exact) mass is 289 g/mol. The number of hydrogen-bond acceptors (Lipinski definition) is 3. The molecule has 21 heavy (non-hydrogen) atoms. The van der Waals surface area contributed by atoms with E-state index in [4.69, 9.17) is 0 Å². The normalized spacial score (nSPS) is 12.6. The molecule has 4 heteroatoms. The molecule has 0 aliphatic rings. The summed E-state index contributed by atoms with van der Waals surface area (Å²) in [7, 11) is 1.87. The fourth-order valence-electron chi connectivity index (χ4n) is 2.41. The van der Waals surface area contributed by atoms with Crippen LogP contribution in [0.5, 0.6) is 5.75 Å². The number of likely N-dealkylation sites (N-methyl/N-ethyl adjacent to an activating group) is 1. The first kappa shape index (κ1) is 15.5. The number of phenolic OH excluding ortho intramolecular Hbond substituents is 1. The summed E-state index contributed by atoms with van der Waals surface area (Å²) < 4.78 is 13.1. The van der Waals surface area contributed by atoms with Gasteiger partial charge in [0.25, 0.3) is 0 Å². The zero-order valence-corrected chi connectivity index (χ0v) is 12.3. The molecule has 2 N–H and O–H groups in total. The van der Waals surface area contributed by atoms with Crippen molar-refractivity contribution in [3.05, 3.63) is 65.0 Å². The van der Waals surface area contributed by atoms with Crippen molar-refractivity contribution in [2.45, 2.75) is 19.6 Å².